The molecule has 3 heterocycles. The van der Waals surface area contributed by atoms with Crippen LogP contribution in [-0.4, -0.2) is 39.0 Å². The third-order valence-electron chi connectivity index (χ3n) is 5.11. The molecule has 1 aromatic carbocycles. The van der Waals surface area contributed by atoms with Crippen LogP contribution in [0.5, 0.6) is 0 Å². The summed E-state index contributed by atoms with van der Waals surface area (Å²) in [7, 11) is 0. The number of hydrogen-bond donors (Lipinski definition) is 1. The van der Waals surface area contributed by atoms with E-state index in [9.17, 15) is 4.79 Å². The summed E-state index contributed by atoms with van der Waals surface area (Å²) >= 11 is 0. The Balaban J connectivity index is 1.54. The second-order valence-corrected chi connectivity index (χ2v) is 7.26. The molecule has 1 saturated heterocycles. The average Bonchev–Trinajstić information content (AvgIpc) is 3.37. The molecule has 1 amide bonds. The van der Waals surface area contributed by atoms with Gasteiger partial charge in [-0.25, -0.2) is 4.98 Å². The zero-order valence-electron chi connectivity index (χ0n) is 16.0. The third-order valence-corrected chi connectivity index (χ3v) is 5.11. The Hall–Kier alpha value is -3.22. The monoisotopic (exact) mass is 376 g/mol. The van der Waals surface area contributed by atoms with Crippen LogP contribution in [0.3, 0.4) is 0 Å². The summed E-state index contributed by atoms with van der Waals surface area (Å²) < 4.78 is 0. The molecule has 2 N–H and O–H groups in total. The molecular weight excluding hydrogens is 352 g/mol. The second kappa shape index (κ2) is 7.80. The summed E-state index contributed by atoms with van der Waals surface area (Å²) in [6.07, 6.45) is 5.72. The summed E-state index contributed by atoms with van der Waals surface area (Å²) in [6.45, 7) is 4.64. The SMILES string of the molecule is Cc1ccc(Cn2ncc(C(C(N)=O)c3ccc(N4CCCC4)nc3)n2)cc1. The van der Waals surface area contributed by atoms with Gasteiger partial charge in [0.25, 0.3) is 0 Å². The van der Waals surface area contributed by atoms with Crippen molar-refractivity contribution in [1.29, 1.82) is 0 Å². The molecule has 1 aliphatic rings. The van der Waals surface area contributed by atoms with E-state index in [4.69, 9.17) is 5.73 Å². The number of hydrogen-bond acceptors (Lipinski definition) is 5. The van der Waals surface area contributed by atoms with Gasteiger partial charge in [-0.2, -0.15) is 15.0 Å². The Bertz CT molecular complexity index is 942. The predicted octanol–water partition coefficient (Wildman–Crippen LogP) is 2.25. The Morgan fingerprint density at radius 1 is 1.11 bits per heavy atom. The van der Waals surface area contributed by atoms with Gasteiger partial charge in [-0.1, -0.05) is 35.9 Å². The molecule has 28 heavy (non-hydrogen) atoms. The van der Waals surface area contributed by atoms with Crippen molar-refractivity contribution in [3.05, 3.63) is 71.2 Å². The van der Waals surface area contributed by atoms with E-state index in [-0.39, 0.29) is 0 Å². The lowest BCUT2D eigenvalue weighted by atomic mass is 9.97. The minimum absolute atomic E-state index is 0.460. The lowest BCUT2D eigenvalue weighted by Crippen LogP contribution is -2.24. The molecule has 1 fully saturated rings. The smallest absolute Gasteiger partial charge is 0.231 e. The van der Waals surface area contributed by atoms with Gasteiger partial charge in [0.2, 0.25) is 5.91 Å². The van der Waals surface area contributed by atoms with Crippen LogP contribution in [0, 0.1) is 6.92 Å². The molecule has 1 aliphatic heterocycles. The molecule has 7 heteroatoms. The minimum atomic E-state index is -0.660. The number of nitrogens with zero attached hydrogens (tertiary/aromatic N) is 5. The molecule has 0 aliphatic carbocycles. The van der Waals surface area contributed by atoms with Gasteiger partial charge in [0.15, 0.2) is 0 Å². The number of anilines is 1. The lowest BCUT2D eigenvalue weighted by molar-refractivity contribution is -0.118. The van der Waals surface area contributed by atoms with Gasteiger partial charge in [0, 0.05) is 19.3 Å². The van der Waals surface area contributed by atoms with Gasteiger partial charge < -0.3 is 10.6 Å². The zero-order valence-corrected chi connectivity index (χ0v) is 16.0. The Morgan fingerprint density at radius 3 is 2.50 bits per heavy atom. The number of rotatable bonds is 6. The van der Waals surface area contributed by atoms with Crippen LogP contribution in [-0.2, 0) is 11.3 Å². The minimum Gasteiger partial charge on any atom is -0.369 e. The maximum Gasteiger partial charge on any atom is 0.231 e. The number of carbonyl (C=O) groups excluding carboxylic acids is 1. The number of primary amides is 1. The van der Waals surface area contributed by atoms with Crippen LogP contribution in [0.25, 0.3) is 0 Å². The molecule has 7 nitrogen and oxygen atoms in total. The van der Waals surface area contributed by atoms with Gasteiger partial charge in [-0.15, -0.1) is 0 Å². The van der Waals surface area contributed by atoms with Crippen LogP contribution in [0.4, 0.5) is 5.82 Å². The highest BCUT2D eigenvalue weighted by atomic mass is 16.1. The fraction of sp³-hybridized carbons (Fsp3) is 0.333. The fourth-order valence-corrected chi connectivity index (χ4v) is 3.56. The van der Waals surface area contributed by atoms with E-state index >= 15 is 0 Å². The average molecular weight is 376 g/mol. The van der Waals surface area contributed by atoms with Crippen molar-refractivity contribution in [3.63, 3.8) is 0 Å². The first kappa shape index (κ1) is 18.2. The maximum atomic E-state index is 12.2. The van der Waals surface area contributed by atoms with Crippen LogP contribution in [0.15, 0.2) is 48.8 Å². The number of carbonyl (C=O) groups is 1. The van der Waals surface area contributed by atoms with Crippen LogP contribution >= 0.6 is 0 Å². The summed E-state index contributed by atoms with van der Waals surface area (Å²) in [5.41, 5.74) is 9.26. The van der Waals surface area contributed by atoms with Crippen molar-refractivity contribution in [1.82, 2.24) is 20.0 Å². The number of benzene rings is 1. The molecule has 1 unspecified atom stereocenters. The number of amides is 1. The molecule has 1 atom stereocenters. The quantitative estimate of drug-likeness (QED) is 0.713. The Morgan fingerprint density at radius 2 is 1.86 bits per heavy atom. The molecule has 3 aromatic rings. The van der Waals surface area contributed by atoms with E-state index < -0.39 is 11.8 Å². The zero-order chi connectivity index (χ0) is 19.5. The van der Waals surface area contributed by atoms with Crippen molar-refractivity contribution in [2.45, 2.75) is 32.2 Å². The highest BCUT2D eigenvalue weighted by Crippen LogP contribution is 2.25. The van der Waals surface area contributed by atoms with Crippen molar-refractivity contribution in [3.8, 4) is 0 Å². The number of aryl methyl sites for hydroxylation is 1. The lowest BCUT2D eigenvalue weighted by Gasteiger charge is -2.17. The van der Waals surface area contributed by atoms with E-state index in [2.05, 4.69) is 39.1 Å². The molecular formula is C21H24N6O. The summed E-state index contributed by atoms with van der Waals surface area (Å²) in [4.78, 5) is 20.5. The highest BCUT2D eigenvalue weighted by Gasteiger charge is 2.24. The van der Waals surface area contributed by atoms with E-state index in [0.29, 0.717) is 12.2 Å². The largest absolute Gasteiger partial charge is 0.369 e. The van der Waals surface area contributed by atoms with E-state index in [1.807, 2.05) is 24.3 Å². The van der Waals surface area contributed by atoms with Crippen LogP contribution in [0.1, 0.15) is 41.1 Å². The van der Waals surface area contributed by atoms with Gasteiger partial charge in [-0.05, 0) is 37.0 Å². The number of pyridine rings is 1. The van der Waals surface area contributed by atoms with Gasteiger partial charge in [0.1, 0.15) is 11.7 Å². The maximum absolute atomic E-state index is 12.2. The van der Waals surface area contributed by atoms with Crippen molar-refractivity contribution < 1.29 is 4.79 Å². The van der Waals surface area contributed by atoms with Gasteiger partial charge in [0.05, 0.1) is 18.4 Å². The highest BCUT2D eigenvalue weighted by molar-refractivity contribution is 5.84. The Kier molecular flexibility index (Phi) is 5.06. The molecule has 144 valence electrons. The summed E-state index contributed by atoms with van der Waals surface area (Å²) in [5, 5.41) is 8.80. The van der Waals surface area contributed by atoms with Crippen molar-refractivity contribution >= 4 is 11.7 Å². The van der Waals surface area contributed by atoms with E-state index in [0.717, 1.165) is 30.0 Å². The van der Waals surface area contributed by atoms with Gasteiger partial charge in [-0.3, -0.25) is 4.79 Å². The van der Waals surface area contributed by atoms with Crippen molar-refractivity contribution in [2.24, 2.45) is 5.73 Å². The first-order chi connectivity index (χ1) is 13.6. The number of nitrogens with two attached hydrogens (primary N) is 1. The van der Waals surface area contributed by atoms with Crippen LogP contribution in [0.2, 0.25) is 0 Å². The molecule has 0 spiro atoms. The summed E-state index contributed by atoms with van der Waals surface area (Å²) in [5.74, 6) is -0.183. The predicted molar refractivity (Wildman–Crippen MR) is 107 cm³/mol. The third kappa shape index (κ3) is 3.88. The standard InChI is InChI=1S/C21H24N6O/c1-15-4-6-16(7-5-15)14-27-24-13-18(25-27)20(21(22)28)17-8-9-19(23-12-17)26-10-2-3-11-26/h4-9,12-13,20H,2-3,10-11,14H2,1H3,(H2,22,28). The van der Waals surface area contributed by atoms with Crippen LogP contribution < -0.4 is 10.6 Å². The second-order valence-electron chi connectivity index (χ2n) is 7.26. The van der Waals surface area contributed by atoms with Gasteiger partial charge >= 0.3 is 0 Å². The normalized spacial score (nSPS) is 15.0. The molecule has 4 rings (SSSR count). The molecule has 0 bridgehead atoms. The Labute approximate surface area is 164 Å². The van der Waals surface area contributed by atoms with E-state index in [1.165, 1.54) is 18.4 Å². The topological polar surface area (TPSA) is 89.9 Å². The van der Waals surface area contributed by atoms with Crippen molar-refractivity contribution in [2.75, 3.05) is 18.0 Å². The number of aromatic nitrogens is 4. The summed E-state index contributed by atoms with van der Waals surface area (Å²) in [6, 6.07) is 12.1. The fourth-order valence-electron chi connectivity index (χ4n) is 3.56. The molecule has 2 aromatic heterocycles. The van der Waals surface area contributed by atoms with E-state index in [1.54, 1.807) is 17.2 Å². The first-order valence-corrected chi connectivity index (χ1v) is 9.56. The molecule has 0 saturated carbocycles. The molecule has 0 radical (unpaired) electrons. The first-order valence-electron chi connectivity index (χ1n) is 9.56.